The first-order valence-electron chi connectivity index (χ1n) is 12.3. The Morgan fingerprint density at radius 1 is 0.927 bits per heavy atom. The van der Waals surface area contributed by atoms with Gasteiger partial charge < -0.3 is 13.9 Å². The summed E-state index contributed by atoms with van der Waals surface area (Å²) >= 11 is 6.43. The zero-order valence-electron chi connectivity index (χ0n) is 21.8. The van der Waals surface area contributed by atoms with E-state index in [-0.39, 0.29) is 28.9 Å². The minimum absolute atomic E-state index is 0.108. The fourth-order valence-electron chi connectivity index (χ4n) is 4.81. The maximum absolute atomic E-state index is 13.6. The Balaban J connectivity index is 1.61. The minimum Gasteiger partial charge on any atom is -0.495 e. The van der Waals surface area contributed by atoms with Crippen molar-refractivity contribution < 1.29 is 31.1 Å². The molecule has 0 fully saturated rings. The van der Waals surface area contributed by atoms with Crippen molar-refractivity contribution in [3.8, 4) is 34.1 Å². The van der Waals surface area contributed by atoms with Crippen LogP contribution in [-0.4, -0.2) is 31.4 Å². The van der Waals surface area contributed by atoms with Gasteiger partial charge in [0.1, 0.15) is 11.4 Å². The van der Waals surface area contributed by atoms with Crippen LogP contribution in [0.25, 0.3) is 28.3 Å². The summed E-state index contributed by atoms with van der Waals surface area (Å²) in [4.78, 5) is 4.23. The van der Waals surface area contributed by atoms with E-state index in [2.05, 4.69) is 15.2 Å². The van der Waals surface area contributed by atoms with Crippen molar-refractivity contribution in [2.75, 3.05) is 7.11 Å². The molecule has 3 heterocycles. The lowest BCUT2D eigenvalue weighted by Gasteiger charge is -2.24. The van der Waals surface area contributed by atoms with Gasteiger partial charge in [0.2, 0.25) is 0 Å². The molecule has 0 bridgehead atoms. The van der Waals surface area contributed by atoms with E-state index in [1.807, 2.05) is 19.2 Å². The number of methoxy groups -OCH3 is 1. The van der Waals surface area contributed by atoms with Crippen LogP contribution in [0, 0.1) is 6.92 Å². The molecule has 214 valence electrons. The third-order valence-electron chi connectivity index (χ3n) is 6.69. The Morgan fingerprint density at radius 2 is 1.61 bits per heavy atom. The normalized spacial score (nSPS) is 13.1. The monoisotopic (exact) mass is 593 g/mol. The second-order valence-electron chi connectivity index (χ2n) is 9.42. The molecule has 1 atom stereocenters. The summed E-state index contributed by atoms with van der Waals surface area (Å²) < 4.78 is 90.3. The number of aromatic nitrogens is 5. The van der Waals surface area contributed by atoms with Gasteiger partial charge in [0.15, 0.2) is 5.82 Å². The van der Waals surface area contributed by atoms with Gasteiger partial charge >= 0.3 is 12.4 Å². The van der Waals surface area contributed by atoms with Gasteiger partial charge in [0.05, 0.1) is 47.0 Å². The number of imidazole rings is 1. The molecule has 0 spiro atoms. The van der Waals surface area contributed by atoms with Crippen LogP contribution in [0.5, 0.6) is 5.75 Å². The molecular weight excluding hydrogens is 572 g/mol. The molecule has 6 nitrogen and oxygen atoms in total. The molecule has 0 N–H and O–H groups in total. The molecule has 3 aromatic rings. The number of hydrogen-bond donors (Lipinski definition) is 0. The van der Waals surface area contributed by atoms with Gasteiger partial charge in [-0.15, -0.1) is 10.2 Å². The molecule has 5 rings (SSSR count). The average Bonchev–Trinajstić information content (AvgIpc) is 3.53. The second kappa shape index (κ2) is 10.4. The van der Waals surface area contributed by atoms with Crippen molar-refractivity contribution in [3.05, 3.63) is 88.6 Å². The van der Waals surface area contributed by atoms with Gasteiger partial charge in [0.25, 0.3) is 0 Å². The van der Waals surface area contributed by atoms with Crippen LogP contribution < -0.4 is 4.74 Å². The molecule has 13 heteroatoms. The Labute approximate surface area is 235 Å². The number of ether oxygens (including phenoxy) is 1. The highest BCUT2D eigenvalue weighted by molar-refractivity contribution is 6.30. The lowest BCUT2D eigenvalue weighted by atomic mass is 9.97. The molecule has 1 aromatic heterocycles. The number of halogens is 7. The van der Waals surface area contributed by atoms with E-state index in [0.29, 0.717) is 22.6 Å². The maximum Gasteiger partial charge on any atom is 0.416 e. The standard InChI is InChI=1S/C28H22ClF6N5O/c1-4-22(17-7-18(27(30,31)32)10-19(8-17)28(33,34)35)40-13-20(29)11-21-25(37-38-26(21)40)16-5-6-23(24(9-16)41-3)39-12-15(2)36-14-39/h5-14,22H,4H2,1-3H3. The van der Waals surface area contributed by atoms with Crippen LogP contribution in [0.3, 0.4) is 0 Å². The maximum atomic E-state index is 13.6. The van der Waals surface area contributed by atoms with E-state index in [1.165, 1.54) is 17.9 Å². The molecule has 2 aliphatic rings. The second-order valence-corrected chi connectivity index (χ2v) is 9.86. The Morgan fingerprint density at radius 3 is 2.17 bits per heavy atom. The zero-order chi connectivity index (χ0) is 29.7. The Bertz CT molecular complexity index is 1660. The number of fused-ring (bicyclic) bond motifs is 1. The molecule has 1 unspecified atom stereocenters. The number of rotatable bonds is 6. The van der Waals surface area contributed by atoms with Crippen molar-refractivity contribution in [1.82, 2.24) is 24.3 Å². The number of alkyl halides is 6. The van der Waals surface area contributed by atoms with Crippen molar-refractivity contribution in [2.24, 2.45) is 0 Å². The first kappa shape index (κ1) is 28.5. The molecule has 2 aromatic carbocycles. The number of hydrogen-bond acceptors (Lipinski definition) is 4. The van der Waals surface area contributed by atoms with Crippen LogP contribution in [0.15, 0.2) is 61.2 Å². The molecule has 0 radical (unpaired) electrons. The molecule has 41 heavy (non-hydrogen) atoms. The van der Waals surface area contributed by atoms with Gasteiger partial charge in [0, 0.05) is 23.5 Å². The van der Waals surface area contributed by atoms with E-state index < -0.39 is 29.5 Å². The van der Waals surface area contributed by atoms with Crippen LogP contribution >= 0.6 is 11.6 Å². The van der Waals surface area contributed by atoms with E-state index in [4.69, 9.17) is 16.3 Å². The molecule has 2 aliphatic heterocycles. The summed E-state index contributed by atoms with van der Waals surface area (Å²) in [7, 11) is 1.52. The summed E-state index contributed by atoms with van der Waals surface area (Å²) in [5, 5.41) is 8.78. The summed E-state index contributed by atoms with van der Waals surface area (Å²) in [5.41, 5.74) is 0.0646. The summed E-state index contributed by atoms with van der Waals surface area (Å²) in [5.74, 6) is 0.761. The molecule has 0 saturated carbocycles. The molecular formula is C28H22ClF6N5O. The fourth-order valence-corrected chi connectivity index (χ4v) is 5.02. The van der Waals surface area contributed by atoms with Crippen LogP contribution in [-0.2, 0) is 12.4 Å². The summed E-state index contributed by atoms with van der Waals surface area (Å²) in [6.45, 7) is 3.51. The topological polar surface area (TPSA) is 57.8 Å². The van der Waals surface area contributed by atoms with Crippen molar-refractivity contribution in [3.63, 3.8) is 0 Å². The first-order valence-corrected chi connectivity index (χ1v) is 12.7. The van der Waals surface area contributed by atoms with Crippen LogP contribution in [0.2, 0.25) is 5.02 Å². The van der Waals surface area contributed by atoms with Crippen LogP contribution in [0.1, 0.15) is 41.8 Å². The highest BCUT2D eigenvalue weighted by Crippen LogP contribution is 2.42. The predicted octanol–water partition coefficient (Wildman–Crippen LogP) is 8.24. The van der Waals surface area contributed by atoms with Gasteiger partial charge in [-0.2, -0.15) is 26.3 Å². The zero-order valence-corrected chi connectivity index (χ0v) is 22.6. The van der Waals surface area contributed by atoms with Gasteiger partial charge in [-0.05, 0) is 55.3 Å². The molecule has 0 aliphatic carbocycles. The third-order valence-corrected chi connectivity index (χ3v) is 6.90. The molecule has 0 saturated heterocycles. The van der Waals surface area contributed by atoms with E-state index in [0.717, 1.165) is 23.5 Å². The van der Waals surface area contributed by atoms with Crippen molar-refractivity contribution in [2.45, 2.75) is 38.7 Å². The third kappa shape index (κ3) is 5.48. The number of pyridine rings is 1. The molecule has 0 amide bonds. The SMILES string of the molecule is CCC(c1cc(C(F)(F)F)cc(C(F)(F)F)c1)n1cc(Cl)cc2c(-c3ccc(-n4cnc(C)c4)c(OC)c3)nnc1-2. The van der Waals surface area contributed by atoms with Crippen LogP contribution in [0.4, 0.5) is 26.3 Å². The highest BCUT2D eigenvalue weighted by atomic mass is 35.5. The van der Waals surface area contributed by atoms with Gasteiger partial charge in [-0.3, -0.25) is 0 Å². The van der Waals surface area contributed by atoms with Crippen molar-refractivity contribution >= 4 is 11.6 Å². The van der Waals surface area contributed by atoms with Gasteiger partial charge in [-0.1, -0.05) is 24.6 Å². The van der Waals surface area contributed by atoms with Crippen molar-refractivity contribution in [1.29, 1.82) is 0 Å². The number of benzene rings is 2. The van der Waals surface area contributed by atoms with Gasteiger partial charge in [-0.25, -0.2) is 4.98 Å². The predicted molar refractivity (Wildman–Crippen MR) is 140 cm³/mol. The van der Waals surface area contributed by atoms with E-state index in [1.54, 1.807) is 36.0 Å². The fraction of sp³-hybridized carbons (Fsp3) is 0.250. The summed E-state index contributed by atoms with van der Waals surface area (Å²) in [6, 6.07) is 7.55. The average molecular weight is 594 g/mol. The van der Waals surface area contributed by atoms with E-state index in [9.17, 15) is 26.3 Å². The largest absolute Gasteiger partial charge is 0.495 e. The summed E-state index contributed by atoms with van der Waals surface area (Å²) in [6.07, 6.45) is -4.90. The highest BCUT2D eigenvalue weighted by Gasteiger charge is 2.38. The smallest absolute Gasteiger partial charge is 0.416 e. The quantitative estimate of drug-likeness (QED) is 0.186. The lowest BCUT2D eigenvalue weighted by molar-refractivity contribution is -0.143. The first-order chi connectivity index (χ1) is 19.3. The number of aryl methyl sites for hydroxylation is 1. The number of nitrogens with zero attached hydrogens (tertiary/aromatic N) is 5. The Kier molecular flexibility index (Phi) is 7.22. The van der Waals surface area contributed by atoms with E-state index >= 15 is 0 Å². The minimum atomic E-state index is -4.98. The Hall–Kier alpha value is -4.06. The lowest BCUT2D eigenvalue weighted by Crippen LogP contribution is -2.17.